The molecule has 1 aromatic carbocycles. The normalized spacial score (nSPS) is 25.5. The molecule has 0 saturated heterocycles. The molecular formula is C17H25NO3. The molecule has 2 rings (SSSR count). The summed E-state index contributed by atoms with van der Waals surface area (Å²) in [5, 5.41) is 3.45. The van der Waals surface area contributed by atoms with Gasteiger partial charge in [0.1, 0.15) is 5.54 Å². The maximum atomic E-state index is 12.4. The largest absolute Gasteiger partial charge is 0.465 e. The lowest BCUT2D eigenvalue weighted by Crippen LogP contribution is -2.55. The van der Waals surface area contributed by atoms with Gasteiger partial charge in [0.25, 0.3) is 0 Å². The Kier molecular flexibility index (Phi) is 5.76. The van der Waals surface area contributed by atoms with E-state index in [1.54, 1.807) is 7.11 Å². The van der Waals surface area contributed by atoms with Crippen LogP contribution in [0.5, 0.6) is 0 Å². The number of ether oxygens (including phenoxy) is 2. The van der Waals surface area contributed by atoms with Gasteiger partial charge in [-0.1, -0.05) is 30.3 Å². The Balaban J connectivity index is 2.04. The molecule has 0 amide bonds. The van der Waals surface area contributed by atoms with Crippen molar-refractivity contribution in [3.63, 3.8) is 0 Å². The lowest BCUT2D eigenvalue weighted by molar-refractivity contribution is -0.154. The van der Waals surface area contributed by atoms with Crippen LogP contribution in [0.2, 0.25) is 0 Å². The Morgan fingerprint density at radius 1 is 1.29 bits per heavy atom. The first-order valence-corrected chi connectivity index (χ1v) is 7.69. The standard InChI is InChI=1S/C17H25NO3/c1-3-21-16(19)17(11-9-15(20-2)10-12-17)18-13-14-7-5-4-6-8-14/h4-8,15,18H,3,9-13H2,1-2H3. The van der Waals surface area contributed by atoms with Gasteiger partial charge < -0.3 is 9.47 Å². The summed E-state index contributed by atoms with van der Waals surface area (Å²) in [7, 11) is 1.74. The Morgan fingerprint density at radius 3 is 2.52 bits per heavy atom. The van der Waals surface area contributed by atoms with Gasteiger partial charge in [0.05, 0.1) is 12.7 Å². The van der Waals surface area contributed by atoms with Crippen LogP contribution in [-0.4, -0.2) is 31.3 Å². The molecule has 0 aromatic heterocycles. The molecule has 0 unspecified atom stereocenters. The van der Waals surface area contributed by atoms with E-state index in [4.69, 9.17) is 9.47 Å². The minimum atomic E-state index is -0.569. The van der Waals surface area contributed by atoms with Crippen molar-refractivity contribution in [2.75, 3.05) is 13.7 Å². The number of nitrogens with one attached hydrogen (secondary N) is 1. The van der Waals surface area contributed by atoms with Crippen molar-refractivity contribution in [3.05, 3.63) is 35.9 Å². The number of esters is 1. The van der Waals surface area contributed by atoms with Gasteiger partial charge in [0.15, 0.2) is 0 Å². The third kappa shape index (κ3) is 4.05. The molecular weight excluding hydrogens is 266 g/mol. The highest BCUT2D eigenvalue weighted by Crippen LogP contribution is 2.31. The van der Waals surface area contributed by atoms with Crippen LogP contribution in [0, 0.1) is 0 Å². The Morgan fingerprint density at radius 2 is 1.95 bits per heavy atom. The number of carbonyl (C=O) groups is 1. The van der Waals surface area contributed by atoms with Crippen molar-refractivity contribution in [2.45, 2.75) is 50.8 Å². The average Bonchev–Trinajstić information content (AvgIpc) is 2.54. The first-order valence-electron chi connectivity index (χ1n) is 7.69. The van der Waals surface area contributed by atoms with Crippen molar-refractivity contribution >= 4 is 5.97 Å². The van der Waals surface area contributed by atoms with E-state index in [2.05, 4.69) is 17.4 Å². The summed E-state index contributed by atoms with van der Waals surface area (Å²) in [6.07, 6.45) is 3.55. The maximum Gasteiger partial charge on any atom is 0.326 e. The van der Waals surface area contributed by atoms with Crippen LogP contribution in [0.3, 0.4) is 0 Å². The molecule has 1 aliphatic carbocycles. The van der Waals surface area contributed by atoms with Crippen LogP contribution in [0.15, 0.2) is 30.3 Å². The van der Waals surface area contributed by atoms with Crippen LogP contribution in [0.1, 0.15) is 38.2 Å². The molecule has 0 spiro atoms. The zero-order chi connectivity index (χ0) is 15.1. The van der Waals surface area contributed by atoms with Crippen molar-refractivity contribution in [1.29, 1.82) is 0 Å². The molecule has 1 aromatic rings. The molecule has 1 N–H and O–H groups in total. The summed E-state index contributed by atoms with van der Waals surface area (Å²) < 4.78 is 10.7. The van der Waals surface area contributed by atoms with Gasteiger partial charge in [-0.3, -0.25) is 10.1 Å². The van der Waals surface area contributed by atoms with Gasteiger partial charge in [0, 0.05) is 13.7 Å². The second-order valence-corrected chi connectivity index (χ2v) is 5.58. The highest BCUT2D eigenvalue weighted by Gasteiger charge is 2.42. The Hall–Kier alpha value is -1.39. The van der Waals surface area contributed by atoms with E-state index in [1.165, 1.54) is 5.56 Å². The summed E-state index contributed by atoms with van der Waals surface area (Å²) in [4.78, 5) is 12.4. The van der Waals surface area contributed by atoms with E-state index in [9.17, 15) is 4.79 Å². The number of rotatable bonds is 6. The number of methoxy groups -OCH3 is 1. The number of hydrogen-bond donors (Lipinski definition) is 1. The summed E-state index contributed by atoms with van der Waals surface area (Å²) in [5.41, 5.74) is 0.607. The number of hydrogen-bond acceptors (Lipinski definition) is 4. The molecule has 21 heavy (non-hydrogen) atoms. The summed E-state index contributed by atoms with van der Waals surface area (Å²) >= 11 is 0. The smallest absolute Gasteiger partial charge is 0.326 e. The van der Waals surface area contributed by atoms with Gasteiger partial charge in [-0.2, -0.15) is 0 Å². The molecule has 1 aliphatic rings. The van der Waals surface area contributed by atoms with Crippen molar-refractivity contribution in [2.24, 2.45) is 0 Å². The summed E-state index contributed by atoms with van der Waals surface area (Å²) in [6.45, 7) is 2.95. The quantitative estimate of drug-likeness (QED) is 0.819. The van der Waals surface area contributed by atoms with E-state index in [1.807, 2.05) is 25.1 Å². The number of benzene rings is 1. The van der Waals surface area contributed by atoms with Crippen molar-refractivity contribution in [3.8, 4) is 0 Å². The zero-order valence-electron chi connectivity index (χ0n) is 12.9. The molecule has 0 aliphatic heterocycles. The molecule has 1 saturated carbocycles. The fraction of sp³-hybridized carbons (Fsp3) is 0.588. The minimum Gasteiger partial charge on any atom is -0.465 e. The zero-order valence-corrected chi connectivity index (χ0v) is 12.9. The maximum absolute atomic E-state index is 12.4. The third-order valence-electron chi connectivity index (χ3n) is 4.26. The van der Waals surface area contributed by atoms with Gasteiger partial charge in [-0.05, 0) is 38.2 Å². The van der Waals surface area contributed by atoms with E-state index in [0.29, 0.717) is 13.2 Å². The molecule has 116 valence electrons. The fourth-order valence-electron chi connectivity index (χ4n) is 2.91. The molecule has 4 nitrogen and oxygen atoms in total. The van der Waals surface area contributed by atoms with Gasteiger partial charge >= 0.3 is 5.97 Å². The molecule has 0 atom stereocenters. The highest BCUT2D eigenvalue weighted by molar-refractivity contribution is 5.81. The van der Waals surface area contributed by atoms with E-state index >= 15 is 0 Å². The van der Waals surface area contributed by atoms with Crippen LogP contribution in [-0.2, 0) is 20.8 Å². The van der Waals surface area contributed by atoms with Crippen LogP contribution < -0.4 is 5.32 Å². The first-order chi connectivity index (χ1) is 10.2. The molecule has 0 radical (unpaired) electrons. The predicted octanol–water partition coefficient (Wildman–Crippen LogP) is 2.67. The van der Waals surface area contributed by atoms with Gasteiger partial charge in [0.2, 0.25) is 0 Å². The fourth-order valence-corrected chi connectivity index (χ4v) is 2.91. The van der Waals surface area contributed by atoms with E-state index in [0.717, 1.165) is 25.7 Å². The van der Waals surface area contributed by atoms with E-state index in [-0.39, 0.29) is 12.1 Å². The summed E-state index contributed by atoms with van der Waals surface area (Å²) in [5.74, 6) is -0.129. The molecule has 1 fully saturated rings. The van der Waals surface area contributed by atoms with Crippen LogP contribution in [0.4, 0.5) is 0 Å². The minimum absolute atomic E-state index is 0.129. The average molecular weight is 291 g/mol. The van der Waals surface area contributed by atoms with Gasteiger partial charge in [-0.15, -0.1) is 0 Å². The first kappa shape index (κ1) is 16.0. The van der Waals surface area contributed by atoms with Crippen molar-refractivity contribution < 1.29 is 14.3 Å². The molecule has 0 heterocycles. The monoisotopic (exact) mass is 291 g/mol. The van der Waals surface area contributed by atoms with E-state index < -0.39 is 5.54 Å². The highest BCUT2D eigenvalue weighted by atomic mass is 16.5. The molecule has 0 bridgehead atoms. The lowest BCUT2D eigenvalue weighted by Gasteiger charge is -2.38. The number of carbonyl (C=O) groups excluding carboxylic acids is 1. The summed E-state index contributed by atoms with van der Waals surface area (Å²) in [6, 6.07) is 10.1. The topological polar surface area (TPSA) is 47.6 Å². The second kappa shape index (κ2) is 7.57. The van der Waals surface area contributed by atoms with Crippen LogP contribution in [0.25, 0.3) is 0 Å². The predicted molar refractivity (Wildman–Crippen MR) is 81.9 cm³/mol. The Bertz CT molecular complexity index is 439. The SMILES string of the molecule is CCOC(=O)C1(NCc2ccccc2)CCC(OC)CC1. The second-order valence-electron chi connectivity index (χ2n) is 5.58. The lowest BCUT2D eigenvalue weighted by atomic mass is 9.80. The Labute approximate surface area is 126 Å². The van der Waals surface area contributed by atoms with Crippen LogP contribution >= 0.6 is 0 Å². The third-order valence-corrected chi connectivity index (χ3v) is 4.26. The van der Waals surface area contributed by atoms with Gasteiger partial charge in [-0.25, -0.2) is 0 Å². The molecule has 4 heteroatoms. The van der Waals surface area contributed by atoms with Crippen molar-refractivity contribution in [1.82, 2.24) is 5.32 Å².